The van der Waals surface area contributed by atoms with Crippen LogP contribution in [0, 0.1) is 5.41 Å². The van der Waals surface area contributed by atoms with E-state index in [-0.39, 0.29) is 11.3 Å². The number of hydrogen-bond acceptors (Lipinski definition) is 2. The molecule has 4 heteroatoms. The Balaban J connectivity index is 1.67. The second-order valence-electron chi connectivity index (χ2n) is 6.49. The molecule has 1 aromatic carbocycles. The molecule has 1 N–H and O–H groups in total. The van der Waals surface area contributed by atoms with Gasteiger partial charge in [-0.1, -0.05) is 24.3 Å². The minimum absolute atomic E-state index is 0.110. The Bertz CT molecular complexity index is 614. The summed E-state index contributed by atoms with van der Waals surface area (Å²) in [5, 5.41) is 9.30. The molecule has 0 unspecified atom stereocenters. The Morgan fingerprint density at radius 1 is 1.10 bits per heavy atom. The van der Waals surface area contributed by atoms with Gasteiger partial charge in [-0.15, -0.1) is 0 Å². The number of rotatable bonds is 2. The predicted molar refractivity (Wildman–Crippen MR) is 72.1 cm³/mol. The van der Waals surface area contributed by atoms with Crippen molar-refractivity contribution in [2.24, 2.45) is 5.41 Å². The molecule has 2 fully saturated rings. The molecule has 4 nitrogen and oxygen atoms in total. The first kappa shape index (κ1) is 11.9. The van der Waals surface area contributed by atoms with Crippen LogP contribution in [0.2, 0.25) is 0 Å². The van der Waals surface area contributed by atoms with E-state index in [1.807, 2.05) is 6.07 Å². The van der Waals surface area contributed by atoms with Gasteiger partial charge in [-0.25, -0.2) is 0 Å². The number of amides is 1. The maximum atomic E-state index is 12.6. The summed E-state index contributed by atoms with van der Waals surface area (Å²) in [6.07, 6.45) is 3.19. The molecule has 1 aromatic rings. The highest BCUT2D eigenvalue weighted by atomic mass is 16.4. The zero-order valence-electron chi connectivity index (χ0n) is 11.3. The van der Waals surface area contributed by atoms with Crippen molar-refractivity contribution in [1.82, 2.24) is 4.90 Å². The fraction of sp³-hybridized carbons (Fsp3) is 0.500. The van der Waals surface area contributed by atoms with E-state index in [9.17, 15) is 14.7 Å². The van der Waals surface area contributed by atoms with Crippen molar-refractivity contribution in [3.05, 3.63) is 35.4 Å². The minimum atomic E-state index is -1.11. The van der Waals surface area contributed by atoms with E-state index < -0.39 is 11.4 Å². The number of carbonyl (C=O) groups excluding carboxylic acids is 1. The van der Waals surface area contributed by atoms with Gasteiger partial charge in [0.05, 0.1) is 0 Å². The Morgan fingerprint density at radius 3 is 2.40 bits per heavy atom. The van der Waals surface area contributed by atoms with Crippen molar-refractivity contribution in [2.75, 3.05) is 6.54 Å². The van der Waals surface area contributed by atoms with Gasteiger partial charge in [-0.05, 0) is 36.8 Å². The lowest BCUT2D eigenvalue weighted by atomic mass is 9.86. The van der Waals surface area contributed by atoms with Gasteiger partial charge >= 0.3 is 5.97 Å². The number of benzene rings is 1. The summed E-state index contributed by atoms with van der Waals surface area (Å²) >= 11 is 0. The minimum Gasteiger partial charge on any atom is -0.480 e. The van der Waals surface area contributed by atoms with Gasteiger partial charge in [0.25, 0.3) is 0 Å². The third kappa shape index (κ3) is 1.48. The van der Waals surface area contributed by atoms with Crippen molar-refractivity contribution >= 4 is 11.9 Å². The normalized spacial score (nSPS) is 24.1. The summed E-state index contributed by atoms with van der Waals surface area (Å²) < 4.78 is 0. The molecule has 2 aliphatic carbocycles. The maximum absolute atomic E-state index is 12.6. The second-order valence-corrected chi connectivity index (χ2v) is 6.49. The van der Waals surface area contributed by atoms with E-state index in [1.165, 1.54) is 11.1 Å². The van der Waals surface area contributed by atoms with Crippen LogP contribution >= 0.6 is 0 Å². The Labute approximate surface area is 117 Å². The zero-order valence-corrected chi connectivity index (χ0v) is 11.3. The summed E-state index contributed by atoms with van der Waals surface area (Å²) in [7, 11) is 0. The van der Waals surface area contributed by atoms with Crippen LogP contribution in [0.5, 0.6) is 0 Å². The van der Waals surface area contributed by atoms with Crippen LogP contribution in [-0.4, -0.2) is 28.4 Å². The molecule has 1 amide bonds. The largest absolute Gasteiger partial charge is 0.480 e. The van der Waals surface area contributed by atoms with Gasteiger partial charge in [-0.2, -0.15) is 0 Å². The number of carbonyl (C=O) groups is 2. The molecule has 0 atom stereocenters. The molecular weight excluding hydrogens is 254 g/mol. The van der Waals surface area contributed by atoms with E-state index in [4.69, 9.17) is 0 Å². The van der Waals surface area contributed by atoms with Crippen LogP contribution in [0.15, 0.2) is 24.3 Å². The van der Waals surface area contributed by atoms with Crippen LogP contribution < -0.4 is 0 Å². The van der Waals surface area contributed by atoms with Crippen LogP contribution in [-0.2, 0) is 21.5 Å². The molecule has 1 heterocycles. The van der Waals surface area contributed by atoms with Crippen molar-refractivity contribution in [1.29, 1.82) is 0 Å². The standard InChI is InChI=1S/C16H17NO3/c18-13(16(7-8-16)14(19)20)17-9-11-3-1-2-4-12(11)15(10-17)5-6-15/h1-4H,5-10H2,(H,19,20). The molecule has 4 rings (SSSR count). The number of aliphatic carboxylic acids is 1. The molecule has 1 aliphatic heterocycles. The molecule has 2 saturated carbocycles. The molecule has 3 aliphatic rings. The first-order valence-corrected chi connectivity index (χ1v) is 7.19. The molecular formula is C16H17NO3. The summed E-state index contributed by atoms with van der Waals surface area (Å²) in [6.45, 7) is 1.25. The van der Waals surface area contributed by atoms with E-state index in [0.717, 1.165) is 12.8 Å². The van der Waals surface area contributed by atoms with E-state index >= 15 is 0 Å². The highest BCUT2D eigenvalue weighted by molar-refractivity contribution is 6.05. The number of carboxylic acid groups (broad SMARTS) is 1. The summed E-state index contributed by atoms with van der Waals surface area (Å²) in [5.41, 5.74) is 1.55. The molecule has 0 bridgehead atoms. The number of hydrogen-bond donors (Lipinski definition) is 1. The van der Waals surface area contributed by atoms with E-state index in [1.54, 1.807) is 4.90 Å². The molecule has 104 valence electrons. The van der Waals surface area contributed by atoms with Crippen LogP contribution in [0.3, 0.4) is 0 Å². The van der Waals surface area contributed by atoms with Gasteiger partial charge in [0, 0.05) is 18.5 Å². The number of carboxylic acids is 1. The van der Waals surface area contributed by atoms with Gasteiger partial charge in [0.15, 0.2) is 0 Å². The molecule has 0 radical (unpaired) electrons. The SMILES string of the molecule is O=C(O)C1(C(=O)N2Cc3ccccc3C3(CC3)C2)CC1. The lowest BCUT2D eigenvalue weighted by Crippen LogP contribution is -2.46. The third-order valence-electron chi connectivity index (χ3n) is 5.15. The third-order valence-corrected chi connectivity index (χ3v) is 5.15. The van der Waals surface area contributed by atoms with Crippen LogP contribution in [0.25, 0.3) is 0 Å². The maximum Gasteiger partial charge on any atom is 0.319 e. The molecule has 0 aromatic heterocycles. The number of nitrogens with zero attached hydrogens (tertiary/aromatic N) is 1. The highest BCUT2D eigenvalue weighted by Crippen LogP contribution is 2.54. The fourth-order valence-electron chi connectivity index (χ4n) is 3.56. The van der Waals surface area contributed by atoms with Crippen molar-refractivity contribution in [3.8, 4) is 0 Å². The predicted octanol–water partition coefficient (Wildman–Crippen LogP) is 1.93. The average Bonchev–Trinajstić information content (AvgIpc) is 3.33. The van der Waals surface area contributed by atoms with Crippen molar-refractivity contribution in [2.45, 2.75) is 37.6 Å². The highest BCUT2D eigenvalue weighted by Gasteiger charge is 2.60. The first-order chi connectivity index (χ1) is 9.57. The molecule has 20 heavy (non-hydrogen) atoms. The van der Waals surface area contributed by atoms with Crippen molar-refractivity contribution < 1.29 is 14.7 Å². The Hall–Kier alpha value is -1.84. The van der Waals surface area contributed by atoms with Gasteiger partial charge in [0.2, 0.25) is 5.91 Å². The fourth-order valence-corrected chi connectivity index (χ4v) is 3.56. The Kier molecular flexibility index (Phi) is 2.16. The van der Waals surface area contributed by atoms with Crippen molar-refractivity contribution in [3.63, 3.8) is 0 Å². The van der Waals surface area contributed by atoms with Gasteiger partial charge in [0.1, 0.15) is 5.41 Å². The Morgan fingerprint density at radius 2 is 1.80 bits per heavy atom. The number of fused-ring (bicyclic) bond motifs is 2. The monoisotopic (exact) mass is 271 g/mol. The quantitative estimate of drug-likeness (QED) is 0.836. The summed E-state index contributed by atoms with van der Waals surface area (Å²) in [6, 6.07) is 8.27. The lowest BCUT2D eigenvalue weighted by molar-refractivity contribution is -0.154. The first-order valence-electron chi connectivity index (χ1n) is 7.19. The zero-order chi connectivity index (χ0) is 14.0. The molecule has 1 spiro atoms. The molecule has 0 saturated heterocycles. The van der Waals surface area contributed by atoms with E-state index in [2.05, 4.69) is 18.2 Å². The van der Waals surface area contributed by atoms with Gasteiger partial charge < -0.3 is 10.0 Å². The lowest BCUT2D eigenvalue weighted by Gasteiger charge is -2.36. The van der Waals surface area contributed by atoms with Crippen LogP contribution in [0.1, 0.15) is 36.8 Å². The second kappa shape index (κ2) is 3.62. The van der Waals surface area contributed by atoms with E-state index in [0.29, 0.717) is 25.9 Å². The smallest absolute Gasteiger partial charge is 0.319 e. The van der Waals surface area contributed by atoms with Crippen LogP contribution in [0.4, 0.5) is 0 Å². The topological polar surface area (TPSA) is 57.6 Å². The average molecular weight is 271 g/mol. The summed E-state index contributed by atoms with van der Waals surface area (Å²) in [5.74, 6) is -1.13. The summed E-state index contributed by atoms with van der Waals surface area (Å²) in [4.78, 5) is 25.7. The van der Waals surface area contributed by atoms with Gasteiger partial charge in [-0.3, -0.25) is 9.59 Å².